The van der Waals surface area contributed by atoms with E-state index in [0.29, 0.717) is 5.02 Å². The highest BCUT2D eigenvalue weighted by molar-refractivity contribution is 6.30. The summed E-state index contributed by atoms with van der Waals surface area (Å²) in [7, 11) is 0. The summed E-state index contributed by atoms with van der Waals surface area (Å²) < 4.78 is 5.24. The molecule has 3 heteroatoms. The Balaban J connectivity index is 2.56. The summed E-state index contributed by atoms with van der Waals surface area (Å²) in [4.78, 5) is 11.7. The van der Waals surface area contributed by atoms with Gasteiger partial charge in [0.15, 0.2) is 0 Å². The molecular formula is C13H17ClO2. The summed E-state index contributed by atoms with van der Waals surface area (Å²) in [5, 5.41) is 0.656. The molecule has 0 amide bonds. The second kappa shape index (κ2) is 5.35. The second-order valence-electron chi connectivity index (χ2n) is 4.44. The van der Waals surface area contributed by atoms with E-state index in [4.69, 9.17) is 16.3 Å². The molecule has 16 heavy (non-hydrogen) atoms. The predicted molar refractivity (Wildman–Crippen MR) is 65.3 cm³/mol. The van der Waals surface area contributed by atoms with Crippen LogP contribution in [0.15, 0.2) is 24.3 Å². The third-order valence-corrected chi connectivity index (χ3v) is 2.93. The number of carbonyl (C=O) groups excluding carboxylic acids is 1. The van der Waals surface area contributed by atoms with Gasteiger partial charge in [-0.3, -0.25) is 4.79 Å². The highest BCUT2D eigenvalue weighted by atomic mass is 35.5. The number of hydrogen-bond acceptors (Lipinski definition) is 2. The molecule has 0 atom stereocenters. The van der Waals surface area contributed by atoms with Crippen molar-refractivity contribution in [2.45, 2.75) is 33.8 Å². The maximum Gasteiger partial charge on any atom is 0.311 e. The number of hydrogen-bond donors (Lipinski definition) is 0. The standard InChI is InChI=1S/C13H17ClO2/c1-4-13(2,3)12(15)16-9-10-6-5-7-11(14)8-10/h5-8H,4,9H2,1-3H3. The third kappa shape index (κ3) is 3.53. The zero-order valence-corrected chi connectivity index (χ0v) is 10.7. The van der Waals surface area contributed by atoms with E-state index >= 15 is 0 Å². The van der Waals surface area contributed by atoms with E-state index in [2.05, 4.69) is 0 Å². The second-order valence-corrected chi connectivity index (χ2v) is 4.88. The van der Waals surface area contributed by atoms with Gasteiger partial charge in [-0.15, -0.1) is 0 Å². The van der Waals surface area contributed by atoms with Gasteiger partial charge in [-0.05, 0) is 38.0 Å². The Kier molecular flexibility index (Phi) is 4.36. The van der Waals surface area contributed by atoms with Gasteiger partial charge in [0.05, 0.1) is 5.41 Å². The van der Waals surface area contributed by atoms with Crippen molar-refractivity contribution in [1.29, 1.82) is 0 Å². The van der Waals surface area contributed by atoms with Crippen LogP contribution in [0.25, 0.3) is 0 Å². The highest BCUT2D eigenvalue weighted by Gasteiger charge is 2.26. The van der Waals surface area contributed by atoms with E-state index in [9.17, 15) is 4.79 Å². The van der Waals surface area contributed by atoms with Gasteiger partial charge >= 0.3 is 5.97 Å². The Morgan fingerprint density at radius 1 is 1.44 bits per heavy atom. The fourth-order valence-electron chi connectivity index (χ4n) is 1.12. The van der Waals surface area contributed by atoms with Crippen molar-refractivity contribution >= 4 is 17.6 Å². The van der Waals surface area contributed by atoms with E-state index in [0.717, 1.165) is 12.0 Å². The molecule has 0 radical (unpaired) electrons. The van der Waals surface area contributed by atoms with Crippen molar-refractivity contribution in [3.8, 4) is 0 Å². The minimum Gasteiger partial charge on any atom is -0.460 e. The average Bonchev–Trinajstić information content (AvgIpc) is 2.26. The Bertz CT molecular complexity index is 372. The van der Waals surface area contributed by atoms with E-state index < -0.39 is 5.41 Å². The molecule has 0 unspecified atom stereocenters. The number of rotatable bonds is 4. The molecule has 0 saturated carbocycles. The molecule has 0 aliphatic rings. The van der Waals surface area contributed by atoms with Gasteiger partial charge in [0, 0.05) is 5.02 Å². The van der Waals surface area contributed by atoms with Crippen molar-refractivity contribution in [1.82, 2.24) is 0 Å². The molecule has 88 valence electrons. The number of esters is 1. The molecule has 0 aromatic heterocycles. The monoisotopic (exact) mass is 240 g/mol. The average molecular weight is 241 g/mol. The smallest absolute Gasteiger partial charge is 0.311 e. The Hall–Kier alpha value is -1.02. The first-order valence-corrected chi connectivity index (χ1v) is 5.75. The molecule has 2 nitrogen and oxygen atoms in total. The van der Waals surface area contributed by atoms with Crippen LogP contribution in [0.1, 0.15) is 32.8 Å². The molecule has 1 aromatic carbocycles. The minimum absolute atomic E-state index is 0.171. The maximum absolute atomic E-state index is 11.7. The molecule has 0 fully saturated rings. The van der Waals surface area contributed by atoms with Gasteiger partial charge in [0.2, 0.25) is 0 Å². The summed E-state index contributed by atoms with van der Waals surface area (Å²) >= 11 is 5.84. The van der Waals surface area contributed by atoms with Crippen molar-refractivity contribution < 1.29 is 9.53 Å². The number of benzene rings is 1. The maximum atomic E-state index is 11.7. The van der Waals surface area contributed by atoms with Crippen molar-refractivity contribution in [3.05, 3.63) is 34.9 Å². The van der Waals surface area contributed by atoms with Crippen molar-refractivity contribution in [2.24, 2.45) is 5.41 Å². The summed E-state index contributed by atoms with van der Waals surface area (Å²) in [5.41, 5.74) is 0.492. The summed E-state index contributed by atoms with van der Waals surface area (Å²) in [6.07, 6.45) is 0.765. The van der Waals surface area contributed by atoms with Crippen LogP contribution in [0.4, 0.5) is 0 Å². The minimum atomic E-state index is -0.418. The Morgan fingerprint density at radius 2 is 2.12 bits per heavy atom. The van der Waals surface area contributed by atoms with Crippen LogP contribution in [0, 0.1) is 5.41 Å². The fraction of sp³-hybridized carbons (Fsp3) is 0.462. The predicted octanol–water partition coefficient (Wildman–Crippen LogP) is 3.82. The van der Waals surface area contributed by atoms with Crippen molar-refractivity contribution in [2.75, 3.05) is 0 Å². The normalized spacial score (nSPS) is 11.2. The first kappa shape index (κ1) is 13.0. The lowest BCUT2D eigenvalue weighted by atomic mass is 9.91. The lowest BCUT2D eigenvalue weighted by Crippen LogP contribution is -2.25. The van der Waals surface area contributed by atoms with Crippen LogP contribution in [0.3, 0.4) is 0 Å². The Labute approximate surface area is 102 Å². The van der Waals surface area contributed by atoms with E-state index in [1.54, 1.807) is 12.1 Å². The third-order valence-electron chi connectivity index (χ3n) is 2.70. The fourth-order valence-corrected chi connectivity index (χ4v) is 1.33. The number of ether oxygens (including phenoxy) is 1. The Morgan fingerprint density at radius 3 is 2.69 bits per heavy atom. The van der Waals surface area contributed by atoms with E-state index in [1.165, 1.54) is 0 Å². The van der Waals surface area contributed by atoms with Gasteiger partial charge in [-0.1, -0.05) is 30.7 Å². The molecule has 0 bridgehead atoms. The van der Waals surface area contributed by atoms with Gasteiger partial charge in [-0.25, -0.2) is 0 Å². The van der Waals surface area contributed by atoms with Crippen LogP contribution in [0.2, 0.25) is 5.02 Å². The summed E-state index contributed by atoms with van der Waals surface area (Å²) in [6.45, 7) is 6.02. The molecule has 1 rings (SSSR count). The van der Waals surface area contributed by atoms with E-state index in [1.807, 2.05) is 32.9 Å². The first-order valence-electron chi connectivity index (χ1n) is 5.37. The van der Waals surface area contributed by atoms with Gasteiger partial charge in [0.1, 0.15) is 6.61 Å². The molecule has 0 aliphatic heterocycles. The van der Waals surface area contributed by atoms with E-state index in [-0.39, 0.29) is 12.6 Å². The van der Waals surface area contributed by atoms with Gasteiger partial charge < -0.3 is 4.74 Å². The lowest BCUT2D eigenvalue weighted by molar-refractivity contribution is -0.155. The zero-order valence-electron chi connectivity index (χ0n) is 9.92. The molecular weight excluding hydrogens is 224 g/mol. The van der Waals surface area contributed by atoms with Crippen LogP contribution >= 0.6 is 11.6 Å². The number of carbonyl (C=O) groups is 1. The van der Waals surface area contributed by atoms with Crippen LogP contribution < -0.4 is 0 Å². The highest BCUT2D eigenvalue weighted by Crippen LogP contribution is 2.22. The summed E-state index contributed by atoms with van der Waals surface area (Å²) in [6, 6.07) is 7.32. The SMILES string of the molecule is CCC(C)(C)C(=O)OCc1cccc(Cl)c1. The molecule has 0 N–H and O–H groups in total. The molecule has 0 spiro atoms. The number of halogens is 1. The van der Waals surface area contributed by atoms with Crippen LogP contribution in [-0.2, 0) is 16.1 Å². The topological polar surface area (TPSA) is 26.3 Å². The summed E-state index contributed by atoms with van der Waals surface area (Å²) in [5.74, 6) is -0.171. The molecule has 0 saturated heterocycles. The quantitative estimate of drug-likeness (QED) is 0.748. The van der Waals surface area contributed by atoms with Gasteiger partial charge in [-0.2, -0.15) is 0 Å². The van der Waals surface area contributed by atoms with Crippen LogP contribution in [0.5, 0.6) is 0 Å². The molecule has 0 heterocycles. The molecule has 1 aromatic rings. The first-order chi connectivity index (χ1) is 7.45. The van der Waals surface area contributed by atoms with Crippen LogP contribution in [-0.4, -0.2) is 5.97 Å². The molecule has 0 aliphatic carbocycles. The zero-order chi connectivity index (χ0) is 12.2. The van der Waals surface area contributed by atoms with Gasteiger partial charge in [0.25, 0.3) is 0 Å². The largest absolute Gasteiger partial charge is 0.460 e. The lowest BCUT2D eigenvalue weighted by Gasteiger charge is -2.20. The van der Waals surface area contributed by atoms with Crippen molar-refractivity contribution in [3.63, 3.8) is 0 Å².